The van der Waals surface area contributed by atoms with Gasteiger partial charge in [0.05, 0.1) is 6.10 Å². The zero-order valence-corrected chi connectivity index (χ0v) is 16.5. The maximum atomic E-state index is 12.5. The zero-order chi connectivity index (χ0) is 18.6. The molecule has 1 aliphatic rings. The quantitative estimate of drug-likeness (QED) is 0.876. The standard InChI is InChI=1S/C20H31N3O2/c1-12-8-13-11-23(18(24)22-17(13)21-12)16-9-14(20(5,6)7)15(25-16)10-19(2,3)4/h8,11,14-16H,9-10H2,1-7H3,(H,21,22,24)/t14-,15-,16-/m1/s1. The van der Waals surface area contributed by atoms with E-state index in [0.29, 0.717) is 11.6 Å². The van der Waals surface area contributed by atoms with Crippen molar-refractivity contribution in [3.63, 3.8) is 0 Å². The van der Waals surface area contributed by atoms with Gasteiger partial charge in [-0.15, -0.1) is 0 Å². The largest absolute Gasteiger partial charge is 0.354 e. The first-order valence-electron chi connectivity index (χ1n) is 9.18. The van der Waals surface area contributed by atoms with E-state index in [1.54, 1.807) is 4.57 Å². The number of ether oxygens (including phenoxy) is 1. The van der Waals surface area contributed by atoms with E-state index in [0.717, 1.165) is 23.9 Å². The van der Waals surface area contributed by atoms with Crippen molar-refractivity contribution >= 4 is 11.0 Å². The minimum Gasteiger partial charge on any atom is -0.354 e. The average Bonchev–Trinajstić information content (AvgIpc) is 2.97. The Kier molecular flexibility index (Phi) is 4.34. The van der Waals surface area contributed by atoms with E-state index in [9.17, 15) is 4.79 Å². The van der Waals surface area contributed by atoms with Crippen LogP contribution < -0.4 is 5.69 Å². The lowest BCUT2D eigenvalue weighted by Gasteiger charge is -2.33. The molecule has 138 valence electrons. The third-order valence-corrected chi connectivity index (χ3v) is 5.14. The van der Waals surface area contributed by atoms with Crippen molar-refractivity contribution in [1.29, 1.82) is 0 Å². The number of aromatic nitrogens is 3. The summed E-state index contributed by atoms with van der Waals surface area (Å²) in [6, 6.07) is 2.01. The molecule has 0 spiro atoms. The molecule has 0 aliphatic carbocycles. The summed E-state index contributed by atoms with van der Waals surface area (Å²) < 4.78 is 8.09. The molecule has 1 N–H and O–H groups in total. The Morgan fingerprint density at radius 2 is 1.96 bits per heavy atom. The van der Waals surface area contributed by atoms with Crippen molar-refractivity contribution in [2.24, 2.45) is 16.7 Å². The van der Waals surface area contributed by atoms with Crippen molar-refractivity contribution in [3.05, 3.63) is 28.4 Å². The first-order chi connectivity index (χ1) is 11.4. The molecule has 0 bridgehead atoms. The van der Waals surface area contributed by atoms with Crippen LogP contribution in [0.2, 0.25) is 0 Å². The lowest BCUT2D eigenvalue weighted by Crippen LogP contribution is -2.31. The van der Waals surface area contributed by atoms with E-state index in [1.807, 2.05) is 19.2 Å². The van der Waals surface area contributed by atoms with Gasteiger partial charge in [0.15, 0.2) is 0 Å². The van der Waals surface area contributed by atoms with Crippen LogP contribution in [0.25, 0.3) is 11.0 Å². The number of aryl methyl sites for hydroxylation is 1. The highest BCUT2D eigenvalue weighted by atomic mass is 16.5. The zero-order valence-electron chi connectivity index (χ0n) is 16.5. The van der Waals surface area contributed by atoms with Crippen molar-refractivity contribution in [2.45, 2.75) is 73.6 Å². The van der Waals surface area contributed by atoms with Gasteiger partial charge in [-0.3, -0.25) is 4.57 Å². The molecule has 2 aromatic heterocycles. The Morgan fingerprint density at radius 1 is 1.28 bits per heavy atom. The highest BCUT2D eigenvalue weighted by molar-refractivity contribution is 5.75. The molecule has 3 atom stereocenters. The van der Waals surface area contributed by atoms with Gasteiger partial charge >= 0.3 is 5.69 Å². The molecule has 0 unspecified atom stereocenters. The number of rotatable bonds is 2. The Bertz CT molecular complexity index is 820. The summed E-state index contributed by atoms with van der Waals surface area (Å²) in [6.07, 6.45) is 3.63. The number of nitrogens with one attached hydrogen (secondary N) is 1. The Hall–Kier alpha value is -1.62. The van der Waals surface area contributed by atoms with Crippen molar-refractivity contribution < 1.29 is 4.74 Å². The maximum Gasteiger partial charge on any atom is 0.351 e. The number of H-pyrrole nitrogens is 1. The van der Waals surface area contributed by atoms with Gasteiger partial charge in [0.2, 0.25) is 0 Å². The fourth-order valence-electron chi connectivity index (χ4n) is 3.96. The highest BCUT2D eigenvalue weighted by Crippen LogP contribution is 2.46. The molecule has 1 saturated heterocycles. The highest BCUT2D eigenvalue weighted by Gasteiger charge is 2.44. The molecule has 0 aromatic carbocycles. The van der Waals surface area contributed by atoms with Crippen LogP contribution in [0.4, 0.5) is 0 Å². The van der Waals surface area contributed by atoms with Gasteiger partial charge in [-0.25, -0.2) is 4.79 Å². The van der Waals surface area contributed by atoms with Gasteiger partial charge in [0.1, 0.15) is 11.9 Å². The van der Waals surface area contributed by atoms with Crippen LogP contribution in [-0.2, 0) is 4.74 Å². The van der Waals surface area contributed by atoms with E-state index in [-0.39, 0.29) is 28.9 Å². The monoisotopic (exact) mass is 345 g/mol. The summed E-state index contributed by atoms with van der Waals surface area (Å²) >= 11 is 0. The van der Waals surface area contributed by atoms with E-state index in [2.05, 4.69) is 51.5 Å². The summed E-state index contributed by atoms with van der Waals surface area (Å²) in [4.78, 5) is 19.9. The second kappa shape index (κ2) is 5.97. The summed E-state index contributed by atoms with van der Waals surface area (Å²) in [6.45, 7) is 15.5. The molecule has 5 heteroatoms. The molecular weight excluding hydrogens is 314 g/mol. The van der Waals surface area contributed by atoms with Crippen molar-refractivity contribution in [1.82, 2.24) is 14.5 Å². The van der Waals surface area contributed by atoms with Crippen LogP contribution in [0.1, 0.15) is 66.3 Å². The third kappa shape index (κ3) is 3.81. The SMILES string of the molecule is Cc1cc2cn([C@H]3C[C@@H](C(C)(C)C)[C@@H](CC(C)(C)C)O3)c(=O)nc2[nH]1. The van der Waals surface area contributed by atoms with Crippen LogP contribution in [0, 0.1) is 23.7 Å². The first kappa shape index (κ1) is 18.2. The molecule has 0 radical (unpaired) electrons. The molecule has 3 heterocycles. The minimum absolute atomic E-state index is 0.135. The fraction of sp³-hybridized carbons (Fsp3) is 0.700. The predicted molar refractivity (Wildman–Crippen MR) is 101 cm³/mol. The molecule has 1 fully saturated rings. The lowest BCUT2D eigenvalue weighted by atomic mass is 9.73. The number of hydrogen-bond donors (Lipinski definition) is 1. The minimum atomic E-state index is -0.247. The fourth-order valence-corrected chi connectivity index (χ4v) is 3.96. The topological polar surface area (TPSA) is 59.9 Å². The van der Waals surface area contributed by atoms with Gasteiger partial charge in [-0.05, 0) is 42.6 Å². The number of fused-ring (bicyclic) bond motifs is 1. The average molecular weight is 345 g/mol. The van der Waals surface area contributed by atoms with E-state index >= 15 is 0 Å². The molecule has 3 rings (SSSR count). The van der Waals surface area contributed by atoms with Crippen LogP contribution in [0.15, 0.2) is 17.1 Å². The molecule has 0 amide bonds. The van der Waals surface area contributed by atoms with E-state index < -0.39 is 0 Å². The molecule has 0 saturated carbocycles. The normalized spacial score (nSPS) is 25.0. The molecule has 25 heavy (non-hydrogen) atoms. The van der Waals surface area contributed by atoms with Crippen molar-refractivity contribution in [2.75, 3.05) is 0 Å². The number of hydrogen-bond acceptors (Lipinski definition) is 3. The summed E-state index contributed by atoms with van der Waals surface area (Å²) in [5.41, 5.74) is 1.73. The Morgan fingerprint density at radius 3 is 2.56 bits per heavy atom. The summed E-state index contributed by atoms with van der Waals surface area (Å²) in [5.74, 6) is 0.410. The molecule has 1 aliphatic heterocycles. The van der Waals surface area contributed by atoms with Crippen LogP contribution >= 0.6 is 0 Å². The van der Waals surface area contributed by atoms with Crippen molar-refractivity contribution in [3.8, 4) is 0 Å². The van der Waals surface area contributed by atoms with Gasteiger partial charge in [-0.2, -0.15) is 4.98 Å². The Labute approximate surface area is 149 Å². The predicted octanol–water partition coefficient (Wildman–Crippen LogP) is 4.42. The van der Waals surface area contributed by atoms with E-state index in [1.165, 1.54) is 0 Å². The maximum absolute atomic E-state index is 12.5. The summed E-state index contributed by atoms with van der Waals surface area (Å²) in [5, 5.41) is 0.951. The lowest BCUT2D eigenvalue weighted by molar-refractivity contribution is -0.0339. The smallest absolute Gasteiger partial charge is 0.351 e. The van der Waals surface area contributed by atoms with Gasteiger partial charge in [-0.1, -0.05) is 41.5 Å². The van der Waals surface area contributed by atoms with E-state index in [4.69, 9.17) is 4.74 Å². The van der Waals surface area contributed by atoms with Crippen LogP contribution in [0.3, 0.4) is 0 Å². The summed E-state index contributed by atoms with van der Waals surface area (Å²) in [7, 11) is 0. The van der Waals surface area contributed by atoms with Gasteiger partial charge in [0, 0.05) is 17.3 Å². The number of aromatic amines is 1. The second-order valence-corrected chi connectivity index (χ2v) is 9.79. The van der Waals surface area contributed by atoms with Gasteiger partial charge in [0.25, 0.3) is 0 Å². The molecule has 2 aromatic rings. The van der Waals surface area contributed by atoms with Gasteiger partial charge < -0.3 is 9.72 Å². The first-order valence-corrected chi connectivity index (χ1v) is 9.18. The van der Waals surface area contributed by atoms with Crippen LogP contribution in [0.5, 0.6) is 0 Å². The second-order valence-electron chi connectivity index (χ2n) is 9.79. The van der Waals surface area contributed by atoms with Crippen LogP contribution in [-0.4, -0.2) is 20.6 Å². The Balaban J connectivity index is 1.95. The third-order valence-electron chi connectivity index (χ3n) is 5.14. The molecular formula is C20H31N3O2. The number of nitrogens with zero attached hydrogens (tertiary/aromatic N) is 2. The molecule has 5 nitrogen and oxygen atoms in total.